The van der Waals surface area contributed by atoms with Crippen molar-refractivity contribution in [2.45, 2.75) is 0 Å². The SMILES string of the molecule is Cn1nc(-c2cccs2)nc1-c1cc(N)c(F)cc1F. The van der Waals surface area contributed by atoms with E-state index in [0.29, 0.717) is 11.6 Å². The molecule has 0 amide bonds. The van der Waals surface area contributed by atoms with Crippen molar-refractivity contribution in [2.24, 2.45) is 7.05 Å². The van der Waals surface area contributed by atoms with Gasteiger partial charge in [0.1, 0.15) is 11.6 Å². The second-order valence-electron chi connectivity index (χ2n) is 4.21. The summed E-state index contributed by atoms with van der Waals surface area (Å²) in [7, 11) is 1.65. The van der Waals surface area contributed by atoms with Crippen LogP contribution < -0.4 is 5.73 Å². The number of aromatic nitrogens is 3. The number of rotatable bonds is 2. The summed E-state index contributed by atoms with van der Waals surface area (Å²) in [6.45, 7) is 0. The Kier molecular flexibility index (Phi) is 2.98. The van der Waals surface area contributed by atoms with Gasteiger partial charge in [0.2, 0.25) is 0 Å². The van der Waals surface area contributed by atoms with Gasteiger partial charge in [0.05, 0.1) is 16.1 Å². The van der Waals surface area contributed by atoms with Gasteiger partial charge in [-0.15, -0.1) is 16.4 Å². The van der Waals surface area contributed by atoms with Gasteiger partial charge in [0.25, 0.3) is 0 Å². The zero-order valence-corrected chi connectivity index (χ0v) is 11.3. The molecule has 0 saturated carbocycles. The minimum absolute atomic E-state index is 0.123. The van der Waals surface area contributed by atoms with Crippen molar-refractivity contribution in [3.63, 3.8) is 0 Å². The number of hydrogen-bond acceptors (Lipinski definition) is 4. The number of benzene rings is 1. The van der Waals surface area contributed by atoms with E-state index in [9.17, 15) is 8.78 Å². The van der Waals surface area contributed by atoms with Crippen LogP contribution in [0.1, 0.15) is 0 Å². The van der Waals surface area contributed by atoms with Crippen molar-refractivity contribution in [3.8, 4) is 22.1 Å². The molecule has 20 heavy (non-hydrogen) atoms. The first-order chi connectivity index (χ1) is 9.56. The maximum Gasteiger partial charge on any atom is 0.191 e. The summed E-state index contributed by atoms with van der Waals surface area (Å²) in [5, 5.41) is 6.14. The van der Waals surface area contributed by atoms with E-state index in [-0.39, 0.29) is 11.3 Å². The average Bonchev–Trinajstić information content (AvgIpc) is 3.03. The molecule has 0 bridgehead atoms. The van der Waals surface area contributed by atoms with Crippen LogP contribution in [-0.4, -0.2) is 14.8 Å². The molecule has 3 aromatic rings. The third-order valence-electron chi connectivity index (χ3n) is 2.83. The molecule has 0 fully saturated rings. The lowest BCUT2D eigenvalue weighted by molar-refractivity contribution is 0.586. The van der Waals surface area contributed by atoms with Gasteiger partial charge in [0.15, 0.2) is 11.6 Å². The Labute approximate surface area is 117 Å². The largest absolute Gasteiger partial charge is 0.396 e. The van der Waals surface area contributed by atoms with Crippen LogP contribution in [0.2, 0.25) is 0 Å². The van der Waals surface area contributed by atoms with E-state index in [1.54, 1.807) is 7.05 Å². The molecule has 0 aliphatic rings. The molecular formula is C13H10F2N4S. The van der Waals surface area contributed by atoms with Crippen molar-refractivity contribution < 1.29 is 8.78 Å². The first kappa shape index (κ1) is 12.7. The predicted molar refractivity (Wildman–Crippen MR) is 74.1 cm³/mol. The number of nitrogen functional groups attached to an aromatic ring is 1. The standard InChI is InChI=1S/C13H10F2N4S/c1-19-13(7-5-10(16)9(15)6-8(7)14)17-12(18-19)11-3-2-4-20-11/h2-6H,16H2,1H3. The molecule has 0 saturated heterocycles. The average molecular weight is 292 g/mol. The molecular weight excluding hydrogens is 282 g/mol. The lowest BCUT2D eigenvalue weighted by atomic mass is 10.1. The number of aryl methyl sites for hydroxylation is 1. The van der Waals surface area contributed by atoms with Crippen LogP contribution in [0.4, 0.5) is 14.5 Å². The van der Waals surface area contributed by atoms with Crippen LogP contribution in [0.3, 0.4) is 0 Å². The molecule has 3 rings (SSSR count). The summed E-state index contributed by atoms with van der Waals surface area (Å²) in [5.74, 6) is -0.700. The first-order valence-corrected chi connectivity index (χ1v) is 6.64. The zero-order valence-electron chi connectivity index (χ0n) is 10.5. The van der Waals surface area contributed by atoms with Crippen LogP contribution in [0.15, 0.2) is 29.6 Å². The molecule has 0 unspecified atom stereocenters. The lowest BCUT2D eigenvalue weighted by Gasteiger charge is -2.04. The van der Waals surface area contributed by atoms with E-state index in [4.69, 9.17) is 5.73 Å². The number of halogens is 2. The van der Waals surface area contributed by atoms with Crippen LogP contribution in [-0.2, 0) is 7.05 Å². The monoisotopic (exact) mass is 292 g/mol. The molecule has 0 aliphatic carbocycles. The molecule has 0 radical (unpaired) electrons. The van der Waals surface area contributed by atoms with Crippen molar-refractivity contribution in [1.82, 2.24) is 14.8 Å². The van der Waals surface area contributed by atoms with Gasteiger partial charge in [-0.1, -0.05) is 6.07 Å². The number of hydrogen-bond donors (Lipinski definition) is 1. The molecule has 1 aromatic carbocycles. The molecule has 2 heterocycles. The van der Waals surface area contributed by atoms with E-state index in [1.165, 1.54) is 22.1 Å². The van der Waals surface area contributed by atoms with Gasteiger partial charge < -0.3 is 5.73 Å². The Balaban J connectivity index is 2.14. The second-order valence-corrected chi connectivity index (χ2v) is 5.16. The maximum absolute atomic E-state index is 13.9. The highest BCUT2D eigenvalue weighted by atomic mass is 32.1. The molecule has 4 nitrogen and oxygen atoms in total. The van der Waals surface area contributed by atoms with E-state index >= 15 is 0 Å². The van der Waals surface area contributed by atoms with Crippen LogP contribution in [0, 0.1) is 11.6 Å². The van der Waals surface area contributed by atoms with Crippen molar-refractivity contribution in [2.75, 3.05) is 5.73 Å². The van der Waals surface area contributed by atoms with Gasteiger partial charge in [-0.25, -0.2) is 18.4 Å². The highest BCUT2D eigenvalue weighted by Gasteiger charge is 2.17. The van der Waals surface area contributed by atoms with Crippen LogP contribution >= 0.6 is 11.3 Å². The lowest BCUT2D eigenvalue weighted by Crippen LogP contribution is -1.99. The summed E-state index contributed by atoms with van der Waals surface area (Å²) >= 11 is 1.49. The number of anilines is 1. The molecule has 2 aromatic heterocycles. The molecule has 102 valence electrons. The highest BCUT2D eigenvalue weighted by Crippen LogP contribution is 2.28. The van der Waals surface area contributed by atoms with Crippen LogP contribution in [0.5, 0.6) is 0 Å². The molecule has 0 atom stereocenters. The Hall–Kier alpha value is -2.28. The number of nitrogens with zero attached hydrogens (tertiary/aromatic N) is 3. The molecule has 2 N–H and O–H groups in total. The fourth-order valence-electron chi connectivity index (χ4n) is 1.87. The van der Waals surface area contributed by atoms with Crippen LogP contribution in [0.25, 0.3) is 22.1 Å². The fraction of sp³-hybridized carbons (Fsp3) is 0.0769. The summed E-state index contributed by atoms with van der Waals surface area (Å²) in [5.41, 5.74) is 5.48. The summed E-state index contributed by atoms with van der Waals surface area (Å²) in [6, 6.07) is 5.74. The smallest absolute Gasteiger partial charge is 0.191 e. The summed E-state index contributed by atoms with van der Waals surface area (Å²) in [4.78, 5) is 5.18. The highest BCUT2D eigenvalue weighted by molar-refractivity contribution is 7.13. The van der Waals surface area contributed by atoms with Gasteiger partial charge in [0, 0.05) is 13.1 Å². The predicted octanol–water partition coefficient (Wildman–Crippen LogP) is 3.07. The van der Waals surface area contributed by atoms with Crippen molar-refractivity contribution >= 4 is 17.0 Å². The van der Waals surface area contributed by atoms with Gasteiger partial charge in [-0.2, -0.15) is 0 Å². The maximum atomic E-state index is 13.9. The van der Waals surface area contributed by atoms with Gasteiger partial charge in [-0.3, -0.25) is 0 Å². The minimum Gasteiger partial charge on any atom is -0.396 e. The quantitative estimate of drug-likeness (QED) is 0.738. The third kappa shape index (κ3) is 2.05. The summed E-state index contributed by atoms with van der Waals surface area (Å²) in [6.07, 6.45) is 0. The van der Waals surface area contributed by atoms with Gasteiger partial charge in [-0.05, 0) is 17.5 Å². The summed E-state index contributed by atoms with van der Waals surface area (Å²) < 4.78 is 28.5. The van der Waals surface area contributed by atoms with Crippen molar-refractivity contribution in [3.05, 3.63) is 41.3 Å². The minimum atomic E-state index is -0.785. The molecule has 0 spiro atoms. The normalized spacial score (nSPS) is 10.9. The number of nitrogens with two attached hydrogens (primary N) is 1. The third-order valence-corrected chi connectivity index (χ3v) is 3.70. The van der Waals surface area contributed by atoms with E-state index in [1.807, 2.05) is 17.5 Å². The van der Waals surface area contributed by atoms with E-state index in [0.717, 1.165) is 10.9 Å². The Morgan fingerprint density at radius 3 is 2.75 bits per heavy atom. The van der Waals surface area contributed by atoms with E-state index < -0.39 is 11.6 Å². The molecule has 0 aliphatic heterocycles. The van der Waals surface area contributed by atoms with Crippen molar-refractivity contribution in [1.29, 1.82) is 0 Å². The Bertz CT molecular complexity index is 765. The van der Waals surface area contributed by atoms with E-state index in [2.05, 4.69) is 10.1 Å². The fourth-order valence-corrected chi connectivity index (χ4v) is 2.52. The van der Waals surface area contributed by atoms with Gasteiger partial charge >= 0.3 is 0 Å². The zero-order chi connectivity index (χ0) is 14.3. The first-order valence-electron chi connectivity index (χ1n) is 5.76. The Morgan fingerprint density at radius 1 is 1.25 bits per heavy atom. The topological polar surface area (TPSA) is 56.7 Å². The Morgan fingerprint density at radius 2 is 2.05 bits per heavy atom. The second kappa shape index (κ2) is 4.68. The molecule has 7 heteroatoms. The number of thiophene rings is 1.